The van der Waals surface area contributed by atoms with E-state index in [2.05, 4.69) is 25.2 Å². The minimum atomic E-state index is -0.392. The van der Waals surface area contributed by atoms with Gasteiger partial charge in [-0.15, -0.1) is 0 Å². The van der Waals surface area contributed by atoms with Crippen LogP contribution in [0.25, 0.3) is 0 Å². The lowest BCUT2D eigenvalue weighted by molar-refractivity contribution is -0.384. The molecule has 4 atom stereocenters. The smallest absolute Gasteiger partial charge is 0.269 e. The summed E-state index contributed by atoms with van der Waals surface area (Å²) in [7, 11) is 1.81. The molecule has 1 aromatic rings. The van der Waals surface area contributed by atoms with E-state index in [1.165, 1.54) is 25.0 Å². The minimum absolute atomic E-state index is 0.0991. The second kappa shape index (κ2) is 6.15. The molecule has 0 heterocycles. The Bertz CT molecular complexity index is 659. The first kappa shape index (κ1) is 17.4. The number of non-ortho nitro benzene ring substituents is 1. The largest absolute Gasteiger partial charge is 0.380 e. The van der Waals surface area contributed by atoms with Crippen molar-refractivity contribution >= 4 is 23.8 Å². The summed E-state index contributed by atoms with van der Waals surface area (Å²) in [4.78, 5) is 10.3. The Hall–Kier alpha value is -1.40. The van der Waals surface area contributed by atoms with Crippen LogP contribution in [0.5, 0.6) is 0 Å². The Labute approximate surface area is 147 Å². The van der Waals surface area contributed by atoms with Crippen LogP contribution < -0.4 is 0 Å². The molecule has 0 aromatic heterocycles. The van der Waals surface area contributed by atoms with Crippen molar-refractivity contribution in [2.45, 2.75) is 45.0 Å². The summed E-state index contributed by atoms with van der Waals surface area (Å²) in [5.74, 6) is 0.603. The van der Waals surface area contributed by atoms with Gasteiger partial charge in [0.15, 0.2) is 0 Å². The maximum absolute atomic E-state index is 10.7. The molecule has 2 saturated carbocycles. The lowest BCUT2D eigenvalue weighted by Crippen LogP contribution is -2.39. The fourth-order valence-electron chi connectivity index (χ4n) is 4.59. The maximum atomic E-state index is 10.7. The summed E-state index contributed by atoms with van der Waals surface area (Å²) in [5.41, 5.74) is 1.43. The molecule has 24 heavy (non-hydrogen) atoms. The first-order valence-electron chi connectivity index (χ1n) is 8.28. The molecule has 0 amide bonds. The van der Waals surface area contributed by atoms with Gasteiger partial charge in [-0.3, -0.25) is 10.1 Å². The maximum Gasteiger partial charge on any atom is 0.269 e. The van der Waals surface area contributed by atoms with E-state index in [0.29, 0.717) is 11.2 Å². The lowest BCUT2D eigenvalue weighted by atomic mass is 9.70. The molecule has 130 valence electrons. The van der Waals surface area contributed by atoms with E-state index >= 15 is 0 Å². The number of hydrogen-bond donors (Lipinski definition) is 0. The van der Waals surface area contributed by atoms with Crippen molar-refractivity contribution in [3.63, 3.8) is 0 Å². The standard InChI is InChI=1S/C18H24N2O3S/c1-17(2)14-9-10-18(17,3)16(23-4)15(14)24-19-11-12-5-7-13(8-6-12)20(21)22/h5-8,11,14-16H,9-10H2,1-4H3/b19-11+/t14-,15-,16-,18+/m1/s1. The zero-order valence-corrected chi connectivity index (χ0v) is 15.4. The molecule has 5 nitrogen and oxygen atoms in total. The average molecular weight is 348 g/mol. The third-order valence-electron chi connectivity index (χ3n) is 6.44. The normalized spacial score (nSPS) is 34.1. The second-order valence-corrected chi connectivity index (χ2v) is 8.56. The van der Waals surface area contributed by atoms with Crippen LogP contribution in [0.2, 0.25) is 0 Å². The van der Waals surface area contributed by atoms with Gasteiger partial charge in [-0.25, -0.2) is 4.40 Å². The Balaban J connectivity index is 1.71. The summed E-state index contributed by atoms with van der Waals surface area (Å²) >= 11 is 1.60. The summed E-state index contributed by atoms with van der Waals surface area (Å²) in [6, 6.07) is 6.46. The number of nitro benzene ring substituents is 1. The van der Waals surface area contributed by atoms with E-state index in [1.807, 2.05) is 0 Å². The number of hydrogen-bond acceptors (Lipinski definition) is 5. The van der Waals surface area contributed by atoms with Crippen molar-refractivity contribution < 1.29 is 9.66 Å². The SMILES string of the molecule is CO[C@@H]1[C@H](S/N=C/c2ccc([N+](=O)[O-])cc2)[C@H]2CC[C@]1(C)C2(C)C. The molecule has 0 saturated heterocycles. The van der Waals surface area contributed by atoms with Gasteiger partial charge >= 0.3 is 0 Å². The number of benzene rings is 1. The third-order valence-corrected chi connectivity index (χ3v) is 7.49. The predicted octanol–water partition coefficient (Wildman–Crippen LogP) is 4.50. The van der Waals surface area contributed by atoms with Crippen molar-refractivity contribution in [3.05, 3.63) is 39.9 Å². The van der Waals surface area contributed by atoms with Crippen molar-refractivity contribution in [3.8, 4) is 0 Å². The molecule has 0 unspecified atom stereocenters. The van der Waals surface area contributed by atoms with E-state index in [9.17, 15) is 10.1 Å². The van der Waals surface area contributed by atoms with Crippen LogP contribution in [-0.4, -0.2) is 29.6 Å². The summed E-state index contributed by atoms with van der Waals surface area (Å²) < 4.78 is 10.4. The van der Waals surface area contributed by atoms with E-state index in [4.69, 9.17) is 4.74 Å². The monoisotopic (exact) mass is 348 g/mol. The lowest BCUT2D eigenvalue weighted by Gasteiger charge is -2.38. The third kappa shape index (κ3) is 2.56. The first-order valence-corrected chi connectivity index (χ1v) is 9.11. The van der Waals surface area contributed by atoms with E-state index in [1.54, 1.807) is 37.4 Å². The number of nitro groups is 1. The van der Waals surface area contributed by atoms with Crippen LogP contribution in [0.15, 0.2) is 28.7 Å². The number of nitrogens with zero attached hydrogens (tertiary/aromatic N) is 2. The summed E-state index contributed by atoms with van der Waals surface area (Å²) in [5, 5.41) is 11.0. The zero-order valence-electron chi connectivity index (χ0n) is 14.6. The molecule has 1 aromatic carbocycles. The molecule has 6 heteroatoms. The highest BCUT2D eigenvalue weighted by Crippen LogP contribution is 2.68. The van der Waals surface area contributed by atoms with Crippen molar-refractivity contribution in [1.82, 2.24) is 0 Å². The minimum Gasteiger partial charge on any atom is -0.380 e. The van der Waals surface area contributed by atoms with Crippen molar-refractivity contribution in [2.75, 3.05) is 7.11 Å². The van der Waals surface area contributed by atoms with Crippen LogP contribution in [-0.2, 0) is 4.74 Å². The van der Waals surface area contributed by atoms with E-state index in [-0.39, 0.29) is 22.6 Å². The van der Waals surface area contributed by atoms with Gasteiger partial charge in [0, 0.05) is 30.9 Å². The molecule has 2 fully saturated rings. The van der Waals surface area contributed by atoms with E-state index in [0.717, 1.165) is 5.56 Å². The van der Waals surface area contributed by atoms with Gasteiger partial charge in [-0.1, -0.05) is 20.8 Å². The fourth-order valence-corrected chi connectivity index (χ4v) is 6.05. The van der Waals surface area contributed by atoms with Crippen LogP contribution in [0.1, 0.15) is 39.2 Å². The first-order chi connectivity index (χ1) is 11.3. The fraction of sp³-hybridized carbons (Fsp3) is 0.611. The highest BCUT2D eigenvalue weighted by Gasteiger charge is 2.66. The number of fused-ring (bicyclic) bond motifs is 2. The van der Waals surface area contributed by atoms with Crippen LogP contribution in [0.3, 0.4) is 0 Å². The molecule has 3 rings (SSSR count). The molecule has 2 bridgehead atoms. The van der Waals surface area contributed by atoms with Gasteiger partial charge in [0.05, 0.1) is 16.3 Å². The molecule has 2 aliphatic carbocycles. The molecule has 0 radical (unpaired) electrons. The molecular formula is C18H24N2O3S. The molecule has 2 aliphatic rings. The second-order valence-electron chi connectivity index (χ2n) is 7.59. The summed E-state index contributed by atoms with van der Waals surface area (Å²) in [6.45, 7) is 7.07. The van der Waals surface area contributed by atoms with Gasteiger partial charge in [0.1, 0.15) is 0 Å². The summed E-state index contributed by atoms with van der Waals surface area (Å²) in [6.07, 6.45) is 4.44. The number of methoxy groups -OCH3 is 1. The van der Waals surface area contributed by atoms with Crippen LogP contribution >= 0.6 is 11.9 Å². The predicted molar refractivity (Wildman–Crippen MR) is 97.5 cm³/mol. The van der Waals surface area contributed by atoms with Crippen LogP contribution in [0.4, 0.5) is 5.69 Å². The van der Waals surface area contributed by atoms with Gasteiger partial charge in [-0.05, 0) is 53.8 Å². The Morgan fingerprint density at radius 2 is 2.00 bits per heavy atom. The number of ether oxygens (including phenoxy) is 1. The van der Waals surface area contributed by atoms with Gasteiger partial charge in [0.2, 0.25) is 0 Å². The molecule has 0 aliphatic heterocycles. The molecule has 0 N–H and O–H groups in total. The molecule has 0 spiro atoms. The Morgan fingerprint density at radius 3 is 2.58 bits per heavy atom. The van der Waals surface area contributed by atoms with Gasteiger partial charge < -0.3 is 4.74 Å². The topological polar surface area (TPSA) is 64.7 Å². The van der Waals surface area contributed by atoms with Crippen molar-refractivity contribution in [1.29, 1.82) is 0 Å². The van der Waals surface area contributed by atoms with Crippen LogP contribution in [0, 0.1) is 26.9 Å². The highest BCUT2D eigenvalue weighted by atomic mass is 32.2. The molecular weight excluding hydrogens is 324 g/mol. The zero-order chi connectivity index (χ0) is 17.5. The van der Waals surface area contributed by atoms with Crippen molar-refractivity contribution in [2.24, 2.45) is 21.1 Å². The highest BCUT2D eigenvalue weighted by molar-refractivity contribution is 7.98. The van der Waals surface area contributed by atoms with Gasteiger partial charge in [0.25, 0.3) is 5.69 Å². The Morgan fingerprint density at radius 1 is 1.33 bits per heavy atom. The average Bonchev–Trinajstić information content (AvgIpc) is 2.86. The number of rotatable bonds is 5. The van der Waals surface area contributed by atoms with Gasteiger partial charge in [-0.2, -0.15) is 0 Å². The van der Waals surface area contributed by atoms with E-state index < -0.39 is 4.92 Å². The quantitative estimate of drug-likeness (QED) is 0.340. The Kier molecular flexibility index (Phi) is 4.47.